The molecule has 0 aromatic heterocycles. The number of fused-ring (bicyclic) bond motifs is 1. The molecule has 2 amide bonds. The number of esters is 2. The summed E-state index contributed by atoms with van der Waals surface area (Å²) in [7, 11) is 0. The average molecular weight is 485 g/mol. The first-order valence-electron chi connectivity index (χ1n) is 10.8. The number of ketones is 2. The zero-order valence-electron chi connectivity index (χ0n) is 18.8. The fourth-order valence-electron chi connectivity index (χ4n) is 3.51. The summed E-state index contributed by atoms with van der Waals surface area (Å²) in [4.78, 5) is 74.9. The fraction of sp³-hybridized carbons (Fsp3) is 0.111. The summed E-state index contributed by atoms with van der Waals surface area (Å²) in [6.07, 6.45) is 0. The number of Topliss-reactive ketones (excluding diaryl/α,β-unsaturated/α-hetero) is 2. The van der Waals surface area contributed by atoms with Gasteiger partial charge in [0.25, 0.3) is 11.8 Å². The van der Waals surface area contributed by atoms with Crippen molar-refractivity contribution in [2.45, 2.75) is 0 Å². The van der Waals surface area contributed by atoms with Crippen LogP contribution in [0, 0.1) is 0 Å². The van der Waals surface area contributed by atoms with Crippen LogP contribution in [-0.2, 0) is 14.3 Å². The van der Waals surface area contributed by atoms with E-state index in [9.17, 15) is 28.8 Å². The number of imide groups is 1. The summed E-state index contributed by atoms with van der Waals surface area (Å²) in [6.45, 7) is -1.73. The van der Waals surface area contributed by atoms with Gasteiger partial charge >= 0.3 is 11.9 Å². The molecule has 0 unspecified atom stereocenters. The molecule has 1 aliphatic rings. The molecule has 180 valence electrons. The molecule has 4 rings (SSSR count). The van der Waals surface area contributed by atoms with Crippen molar-refractivity contribution in [3.63, 3.8) is 0 Å². The Morgan fingerprint density at radius 3 is 1.72 bits per heavy atom. The molecule has 3 aromatic rings. The molecule has 36 heavy (non-hydrogen) atoms. The Hall–Kier alpha value is -4.92. The molecule has 0 radical (unpaired) electrons. The highest BCUT2D eigenvalue weighted by atomic mass is 16.5. The van der Waals surface area contributed by atoms with Gasteiger partial charge in [-0.3, -0.25) is 28.9 Å². The van der Waals surface area contributed by atoms with E-state index in [0.29, 0.717) is 16.0 Å². The molecular formula is C27H19NO8. The minimum absolute atomic E-state index is 0.00470. The predicted octanol–water partition coefficient (Wildman–Crippen LogP) is 2.75. The molecule has 0 aliphatic carbocycles. The number of nitrogens with zero attached hydrogens (tertiary/aromatic N) is 1. The highest BCUT2D eigenvalue weighted by Crippen LogP contribution is 2.24. The van der Waals surface area contributed by atoms with E-state index in [0.717, 1.165) is 0 Å². The van der Waals surface area contributed by atoms with E-state index in [2.05, 4.69) is 0 Å². The van der Waals surface area contributed by atoms with Gasteiger partial charge < -0.3 is 9.47 Å². The Labute approximate surface area is 205 Å². The lowest BCUT2D eigenvalue weighted by molar-refractivity contribution is -0.142. The number of hydrogen-bond acceptors (Lipinski definition) is 8. The van der Waals surface area contributed by atoms with Crippen LogP contribution < -0.4 is 0 Å². The van der Waals surface area contributed by atoms with Crippen LogP contribution in [0.2, 0.25) is 0 Å². The second-order valence-corrected chi connectivity index (χ2v) is 7.77. The van der Waals surface area contributed by atoms with E-state index in [1.54, 1.807) is 60.7 Å². The number of ether oxygens (including phenoxy) is 2. The molecule has 0 spiro atoms. The van der Waals surface area contributed by atoms with E-state index in [4.69, 9.17) is 9.47 Å². The molecule has 0 saturated heterocycles. The summed E-state index contributed by atoms with van der Waals surface area (Å²) in [6, 6.07) is 20.2. The van der Waals surface area contributed by atoms with Crippen LogP contribution in [0.15, 0.2) is 78.9 Å². The predicted molar refractivity (Wildman–Crippen MR) is 125 cm³/mol. The smallest absolute Gasteiger partial charge is 0.338 e. The van der Waals surface area contributed by atoms with Crippen LogP contribution in [0.5, 0.6) is 0 Å². The van der Waals surface area contributed by atoms with Crippen LogP contribution in [0.3, 0.4) is 0 Å². The normalized spacial score (nSPS) is 12.2. The van der Waals surface area contributed by atoms with Crippen LogP contribution in [-0.4, -0.2) is 60.0 Å². The maximum Gasteiger partial charge on any atom is 0.338 e. The molecule has 0 atom stereocenters. The first-order valence-corrected chi connectivity index (χ1v) is 10.8. The van der Waals surface area contributed by atoms with Crippen LogP contribution in [0.25, 0.3) is 0 Å². The van der Waals surface area contributed by atoms with Gasteiger partial charge in [-0.25, -0.2) is 4.79 Å². The number of hydrogen-bond donors (Lipinski definition) is 0. The van der Waals surface area contributed by atoms with Gasteiger partial charge in [0.1, 0.15) is 6.54 Å². The number of benzene rings is 3. The number of carbonyl (C=O) groups excluding carboxylic acids is 6. The average Bonchev–Trinajstić information content (AvgIpc) is 3.15. The Morgan fingerprint density at radius 1 is 0.611 bits per heavy atom. The monoisotopic (exact) mass is 485 g/mol. The molecule has 1 heterocycles. The molecule has 1 aliphatic heterocycles. The second kappa shape index (κ2) is 10.6. The van der Waals surface area contributed by atoms with Crippen molar-refractivity contribution >= 4 is 35.3 Å². The standard InChI is InChI=1S/C27H19NO8/c29-22(17-7-3-1-4-8-17)15-35-24(31)14-28-25(32)20-12-11-19(13-21(20)26(28)33)27(34)36-16-23(30)18-9-5-2-6-10-18/h1-13H,14-16H2. The number of rotatable bonds is 9. The molecule has 9 nitrogen and oxygen atoms in total. The third kappa shape index (κ3) is 5.25. The molecule has 3 aromatic carbocycles. The quantitative estimate of drug-likeness (QED) is 0.257. The van der Waals surface area contributed by atoms with Gasteiger partial charge in [0, 0.05) is 11.1 Å². The minimum Gasteiger partial charge on any atom is -0.456 e. The molecule has 0 saturated carbocycles. The summed E-state index contributed by atoms with van der Waals surface area (Å²) in [5, 5.41) is 0. The number of amides is 2. The van der Waals surface area contributed by atoms with E-state index < -0.39 is 55.1 Å². The van der Waals surface area contributed by atoms with Crippen molar-refractivity contribution < 1.29 is 38.2 Å². The highest BCUT2D eigenvalue weighted by Gasteiger charge is 2.37. The van der Waals surface area contributed by atoms with Crippen molar-refractivity contribution in [3.8, 4) is 0 Å². The van der Waals surface area contributed by atoms with Crippen molar-refractivity contribution in [2.75, 3.05) is 19.8 Å². The van der Waals surface area contributed by atoms with Crippen molar-refractivity contribution in [1.29, 1.82) is 0 Å². The lowest BCUT2D eigenvalue weighted by Crippen LogP contribution is -2.36. The largest absolute Gasteiger partial charge is 0.456 e. The van der Waals surface area contributed by atoms with Crippen molar-refractivity contribution in [1.82, 2.24) is 4.90 Å². The molecule has 0 fully saturated rings. The zero-order chi connectivity index (χ0) is 25.7. The first kappa shape index (κ1) is 24.2. The summed E-state index contributed by atoms with van der Waals surface area (Å²) < 4.78 is 9.97. The molecule has 0 bridgehead atoms. The Kier molecular flexibility index (Phi) is 7.10. The molecule has 9 heteroatoms. The van der Waals surface area contributed by atoms with E-state index in [1.165, 1.54) is 18.2 Å². The third-order valence-electron chi connectivity index (χ3n) is 5.38. The summed E-state index contributed by atoms with van der Waals surface area (Å²) in [5.74, 6) is -4.14. The summed E-state index contributed by atoms with van der Waals surface area (Å²) in [5.41, 5.74) is 0.625. The highest BCUT2D eigenvalue weighted by molar-refractivity contribution is 6.22. The summed E-state index contributed by atoms with van der Waals surface area (Å²) >= 11 is 0. The Bertz CT molecular complexity index is 1370. The Morgan fingerprint density at radius 2 is 1.14 bits per heavy atom. The van der Waals surface area contributed by atoms with E-state index in [-0.39, 0.29) is 16.7 Å². The lowest BCUT2D eigenvalue weighted by Gasteiger charge is -2.12. The van der Waals surface area contributed by atoms with Gasteiger partial charge in [-0.1, -0.05) is 60.7 Å². The van der Waals surface area contributed by atoms with Gasteiger partial charge in [0.2, 0.25) is 0 Å². The van der Waals surface area contributed by atoms with Gasteiger partial charge in [-0.15, -0.1) is 0 Å². The maximum absolute atomic E-state index is 12.8. The maximum atomic E-state index is 12.8. The van der Waals surface area contributed by atoms with Gasteiger partial charge in [0.05, 0.1) is 16.7 Å². The van der Waals surface area contributed by atoms with Crippen LogP contribution >= 0.6 is 0 Å². The molecular weight excluding hydrogens is 466 g/mol. The van der Waals surface area contributed by atoms with E-state index in [1.807, 2.05) is 0 Å². The van der Waals surface area contributed by atoms with Crippen LogP contribution in [0.1, 0.15) is 51.8 Å². The zero-order valence-corrected chi connectivity index (χ0v) is 18.8. The first-order chi connectivity index (χ1) is 17.3. The van der Waals surface area contributed by atoms with Crippen molar-refractivity contribution in [3.05, 3.63) is 107 Å². The topological polar surface area (TPSA) is 124 Å². The minimum atomic E-state index is -0.937. The van der Waals surface area contributed by atoms with E-state index >= 15 is 0 Å². The SMILES string of the molecule is O=C(CN1C(=O)c2ccc(C(=O)OCC(=O)c3ccccc3)cc2C1=O)OCC(=O)c1ccccc1. The van der Waals surface area contributed by atoms with Crippen LogP contribution in [0.4, 0.5) is 0 Å². The van der Waals surface area contributed by atoms with Gasteiger partial charge in [-0.05, 0) is 18.2 Å². The number of carbonyl (C=O) groups is 6. The Balaban J connectivity index is 1.36. The van der Waals surface area contributed by atoms with Crippen molar-refractivity contribution in [2.24, 2.45) is 0 Å². The lowest BCUT2D eigenvalue weighted by atomic mass is 10.1. The fourth-order valence-corrected chi connectivity index (χ4v) is 3.51. The third-order valence-corrected chi connectivity index (χ3v) is 5.38. The van der Waals surface area contributed by atoms with Gasteiger partial charge in [-0.2, -0.15) is 0 Å². The molecule has 0 N–H and O–H groups in total. The second-order valence-electron chi connectivity index (χ2n) is 7.77. The van der Waals surface area contributed by atoms with Gasteiger partial charge in [0.15, 0.2) is 24.8 Å².